The Hall–Kier alpha value is -4.27. The predicted octanol–water partition coefficient (Wildman–Crippen LogP) is 2.65. The molecule has 8 heteroatoms. The van der Waals surface area contributed by atoms with Gasteiger partial charge in [0.15, 0.2) is 6.04 Å². The normalized spacial score (nSPS) is 11.7. The van der Waals surface area contributed by atoms with E-state index in [1.165, 1.54) is 0 Å². The Morgan fingerprint density at radius 2 is 1.38 bits per heavy atom. The number of pyridine rings is 1. The Morgan fingerprint density at radius 3 is 2.00 bits per heavy atom. The van der Waals surface area contributed by atoms with E-state index in [1.807, 2.05) is 91.0 Å². The minimum atomic E-state index is -1.16. The highest BCUT2D eigenvalue weighted by atomic mass is 16.5. The van der Waals surface area contributed by atoms with E-state index in [0.717, 1.165) is 22.0 Å². The van der Waals surface area contributed by atoms with Crippen LogP contribution in [0.1, 0.15) is 11.1 Å². The van der Waals surface area contributed by atoms with Gasteiger partial charge in [-0.1, -0.05) is 66.7 Å². The van der Waals surface area contributed by atoms with Crippen molar-refractivity contribution in [3.63, 3.8) is 0 Å². The lowest BCUT2D eigenvalue weighted by atomic mass is 10.1. The third-order valence-corrected chi connectivity index (χ3v) is 6.23. The number of carbonyl (C=O) groups excluding carboxylic acids is 2. The van der Waals surface area contributed by atoms with E-state index in [0.29, 0.717) is 31.7 Å². The lowest BCUT2D eigenvalue weighted by Gasteiger charge is -2.20. The van der Waals surface area contributed by atoms with Gasteiger partial charge in [0.05, 0.1) is 5.52 Å². The molecule has 0 aliphatic rings. The lowest BCUT2D eigenvalue weighted by molar-refractivity contribution is -0.132. The van der Waals surface area contributed by atoms with Crippen LogP contribution in [0.4, 0.5) is 0 Å². The Labute approximate surface area is 228 Å². The molecule has 0 saturated carbocycles. The molecule has 0 aliphatic heterocycles. The van der Waals surface area contributed by atoms with Crippen molar-refractivity contribution in [1.29, 1.82) is 0 Å². The van der Waals surface area contributed by atoms with Crippen molar-refractivity contribution in [1.82, 2.24) is 20.9 Å². The molecule has 0 spiro atoms. The van der Waals surface area contributed by atoms with Gasteiger partial charge in [0.2, 0.25) is 11.8 Å². The van der Waals surface area contributed by atoms with E-state index in [1.54, 1.807) is 6.20 Å². The number of carbonyl (C=O) groups is 2. The van der Waals surface area contributed by atoms with E-state index in [9.17, 15) is 14.7 Å². The molecule has 4 aromatic rings. The van der Waals surface area contributed by atoms with Crippen molar-refractivity contribution in [2.45, 2.75) is 25.0 Å². The van der Waals surface area contributed by atoms with Crippen LogP contribution in [0.15, 0.2) is 97.2 Å². The Kier molecular flexibility index (Phi) is 10.4. The number of hydrogen-bond donors (Lipinski definition) is 4. The van der Waals surface area contributed by atoms with Crippen molar-refractivity contribution in [3.8, 4) is 5.75 Å². The summed E-state index contributed by atoms with van der Waals surface area (Å²) >= 11 is 0. The monoisotopic (exact) mass is 526 g/mol. The number of amides is 2. The average molecular weight is 527 g/mol. The maximum atomic E-state index is 13.0. The van der Waals surface area contributed by atoms with Crippen molar-refractivity contribution in [2.24, 2.45) is 0 Å². The first-order valence-corrected chi connectivity index (χ1v) is 13.1. The van der Waals surface area contributed by atoms with Crippen LogP contribution >= 0.6 is 0 Å². The zero-order valence-electron chi connectivity index (χ0n) is 21.8. The minimum Gasteiger partial charge on any atom is -0.490 e. The maximum Gasteiger partial charge on any atom is 0.246 e. The van der Waals surface area contributed by atoms with Gasteiger partial charge in [-0.25, -0.2) is 0 Å². The summed E-state index contributed by atoms with van der Waals surface area (Å²) in [5, 5.41) is 20.0. The van der Waals surface area contributed by atoms with Crippen LogP contribution in [0.25, 0.3) is 10.9 Å². The average Bonchev–Trinajstić information content (AvgIpc) is 2.97. The number of benzene rings is 3. The van der Waals surface area contributed by atoms with Gasteiger partial charge in [-0.3, -0.25) is 19.9 Å². The largest absolute Gasteiger partial charge is 0.490 e. The Balaban J connectivity index is 1.31. The third-order valence-electron chi connectivity index (χ3n) is 6.23. The van der Waals surface area contributed by atoms with Crippen LogP contribution in [-0.4, -0.2) is 60.3 Å². The molecule has 1 heterocycles. The Bertz CT molecular complexity index is 1270. The predicted molar refractivity (Wildman–Crippen MR) is 151 cm³/mol. The number of nitrogens with zero attached hydrogens (tertiary/aromatic N) is 1. The quantitative estimate of drug-likeness (QED) is 0.188. The van der Waals surface area contributed by atoms with E-state index >= 15 is 0 Å². The SMILES string of the molecule is O=C(NCCc1ccccc1)C(NC[C@@H](O)COc1cccc2ncccc12)C(=O)NCCc1ccccc1. The van der Waals surface area contributed by atoms with Gasteiger partial charge in [-0.15, -0.1) is 0 Å². The van der Waals surface area contributed by atoms with E-state index in [4.69, 9.17) is 4.74 Å². The maximum absolute atomic E-state index is 13.0. The summed E-state index contributed by atoms with van der Waals surface area (Å²) in [4.78, 5) is 30.3. The highest BCUT2D eigenvalue weighted by molar-refractivity contribution is 6.04. The fourth-order valence-electron chi connectivity index (χ4n) is 4.16. The zero-order chi connectivity index (χ0) is 27.3. The molecule has 2 amide bonds. The van der Waals surface area contributed by atoms with Crippen LogP contribution in [0, 0.1) is 0 Å². The molecule has 0 saturated heterocycles. The second-order valence-corrected chi connectivity index (χ2v) is 9.19. The summed E-state index contributed by atoms with van der Waals surface area (Å²) in [5.41, 5.74) is 2.97. The molecule has 3 aromatic carbocycles. The van der Waals surface area contributed by atoms with Crippen LogP contribution in [0.3, 0.4) is 0 Å². The van der Waals surface area contributed by atoms with Crippen LogP contribution in [-0.2, 0) is 22.4 Å². The van der Waals surface area contributed by atoms with Gasteiger partial charge in [0, 0.05) is 31.2 Å². The van der Waals surface area contributed by atoms with Gasteiger partial charge < -0.3 is 20.5 Å². The second kappa shape index (κ2) is 14.6. The molecule has 4 rings (SSSR count). The van der Waals surface area contributed by atoms with Crippen LogP contribution in [0.5, 0.6) is 5.75 Å². The van der Waals surface area contributed by atoms with Crippen LogP contribution < -0.4 is 20.7 Å². The van der Waals surface area contributed by atoms with Crippen molar-refractivity contribution in [2.75, 3.05) is 26.2 Å². The first-order valence-electron chi connectivity index (χ1n) is 13.1. The van der Waals surface area contributed by atoms with Gasteiger partial charge in [0.25, 0.3) is 0 Å². The smallest absolute Gasteiger partial charge is 0.246 e. The topological polar surface area (TPSA) is 113 Å². The molecule has 0 unspecified atom stereocenters. The molecule has 1 atom stereocenters. The van der Waals surface area contributed by atoms with E-state index < -0.39 is 24.0 Å². The standard InChI is InChI=1S/C31H34N4O4/c36-25(22-39-28-15-7-14-27-26(28)13-8-18-32-27)21-35-29(30(37)33-19-16-23-9-3-1-4-10-23)31(38)34-20-17-24-11-5-2-6-12-24/h1-15,18,25,29,35-36H,16-17,19-22H2,(H,33,37)(H,34,38)/t25-/m1/s1. The fraction of sp³-hybridized carbons (Fsp3) is 0.258. The molecule has 39 heavy (non-hydrogen) atoms. The van der Waals surface area contributed by atoms with Crippen molar-refractivity contribution < 1.29 is 19.4 Å². The summed E-state index contributed by atoms with van der Waals surface area (Å²) < 4.78 is 5.83. The number of ether oxygens (including phenoxy) is 1. The molecule has 0 bridgehead atoms. The summed E-state index contributed by atoms with van der Waals surface area (Å²) in [5.74, 6) is -0.290. The number of aliphatic hydroxyl groups excluding tert-OH is 1. The summed E-state index contributed by atoms with van der Waals surface area (Å²) in [6.07, 6.45) is 2.05. The lowest BCUT2D eigenvalue weighted by Crippen LogP contribution is -2.55. The van der Waals surface area contributed by atoms with Gasteiger partial charge in [0.1, 0.15) is 18.5 Å². The van der Waals surface area contributed by atoms with E-state index in [2.05, 4.69) is 20.9 Å². The van der Waals surface area contributed by atoms with Gasteiger partial charge in [-0.05, 0) is 48.2 Å². The summed E-state index contributed by atoms with van der Waals surface area (Å²) in [6, 6.07) is 27.7. The highest BCUT2D eigenvalue weighted by Gasteiger charge is 2.26. The van der Waals surface area contributed by atoms with Gasteiger partial charge in [-0.2, -0.15) is 0 Å². The van der Waals surface area contributed by atoms with E-state index in [-0.39, 0.29) is 13.2 Å². The summed E-state index contributed by atoms with van der Waals surface area (Å²) in [6.45, 7) is 0.753. The molecule has 0 aliphatic carbocycles. The molecular formula is C31H34N4O4. The zero-order valence-corrected chi connectivity index (χ0v) is 21.8. The van der Waals surface area contributed by atoms with Gasteiger partial charge >= 0.3 is 0 Å². The second-order valence-electron chi connectivity index (χ2n) is 9.19. The third kappa shape index (κ3) is 8.63. The minimum absolute atomic E-state index is 0.00804. The molecule has 1 aromatic heterocycles. The number of aromatic nitrogens is 1. The van der Waals surface area contributed by atoms with Crippen molar-refractivity contribution in [3.05, 3.63) is 108 Å². The summed E-state index contributed by atoms with van der Waals surface area (Å²) in [7, 11) is 0. The van der Waals surface area contributed by atoms with Crippen LogP contribution in [0.2, 0.25) is 0 Å². The Morgan fingerprint density at radius 1 is 0.769 bits per heavy atom. The number of hydrogen-bond acceptors (Lipinski definition) is 6. The molecular weight excluding hydrogens is 492 g/mol. The molecule has 0 fully saturated rings. The molecule has 0 radical (unpaired) electrons. The first kappa shape index (κ1) is 27.8. The number of fused-ring (bicyclic) bond motifs is 1. The first-order chi connectivity index (χ1) is 19.1. The molecule has 8 nitrogen and oxygen atoms in total. The number of aliphatic hydroxyl groups is 1. The molecule has 4 N–H and O–H groups in total. The fourth-order valence-corrected chi connectivity index (χ4v) is 4.16. The van der Waals surface area contributed by atoms with Crippen molar-refractivity contribution >= 4 is 22.7 Å². The highest BCUT2D eigenvalue weighted by Crippen LogP contribution is 2.23. The number of rotatable bonds is 14. The molecule has 202 valence electrons. The number of nitrogens with one attached hydrogen (secondary N) is 3.